The number of piperidine rings is 1. The first-order valence-electron chi connectivity index (χ1n) is 9.29. The van der Waals surface area contributed by atoms with Crippen molar-refractivity contribution in [2.75, 3.05) is 25.5 Å². The maximum atomic E-state index is 13.3. The van der Waals surface area contributed by atoms with Crippen LogP contribution in [0.3, 0.4) is 0 Å². The Bertz CT molecular complexity index is 846. The molecule has 1 heterocycles. The minimum atomic E-state index is -4.28. The molecule has 2 aromatic carbocycles. The standard InChI is InChI=1S/C21H22ClF3N2O2/c1-29-18-10-9-16(12-17(18)22)26-20(28)19(14-6-3-2-4-7-14)27-11-5-8-15(13-27)21(23,24)25/h2-4,6-7,9-10,12,15,19H,5,8,11,13H2,1H3,(H,26,28)/t15-,19-/m0/s1. The van der Waals surface area contributed by atoms with E-state index >= 15 is 0 Å². The number of hydrogen-bond donors (Lipinski definition) is 1. The molecule has 0 aliphatic carbocycles. The Morgan fingerprint density at radius 3 is 2.59 bits per heavy atom. The highest BCUT2D eigenvalue weighted by Gasteiger charge is 2.44. The fraction of sp³-hybridized carbons (Fsp3) is 0.381. The molecule has 1 amide bonds. The third kappa shape index (κ3) is 5.22. The van der Waals surface area contributed by atoms with Crippen LogP contribution in [-0.4, -0.2) is 37.2 Å². The highest BCUT2D eigenvalue weighted by atomic mass is 35.5. The molecule has 1 fully saturated rings. The van der Waals surface area contributed by atoms with E-state index in [1.54, 1.807) is 53.4 Å². The van der Waals surface area contributed by atoms with Crippen LogP contribution < -0.4 is 10.1 Å². The summed E-state index contributed by atoms with van der Waals surface area (Å²) in [5, 5.41) is 3.11. The molecule has 0 bridgehead atoms. The number of nitrogens with one attached hydrogen (secondary N) is 1. The monoisotopic (exact) mass is 426 g/mol. The Hall–Kier alpha value is -2.25. The van der Waals surface area contributed by atoms with E-state index in [9.17, 15) is 18.0 Å². The molecule has 29 heavy (non-hydrogen) atoms. The number of likely N-dealkylation sites (tertiary alicyclic amines) is 1. The quantitative estimate of drug-likeness (QED) is 0.705. The third-order valence-electron chi connectivity index (χ3n) is 5.06. The van der Waals surface area contributed by atoms with Gasteiger partial charge in [0.25, 0.3) is 0 Å². The number of halogens is 4. The van der Waals surface area contributed by atoms with Crippen LogP contribution >= 0.6 is 11.6 Å². The highest BCUT2D eigenvalue weighted by Crippen LogP contribution is 2.36. The molecule has 4 nitrogen and oxygen atoms in total. The predicted molar refractivity (Wildman–Crippen MR) is 106 cm³/mol. The lowest BCUT2D eigenvalue weighted by Crippen LogP contribution is -2.46. The summed E-state index contributed by atoms with van der Waals surface area (Å²) < 4.78 is 45.0. The number of methoxy groups -OCH3 is 1. The molecule has 0 radical (unpaired) electrons. The Kier molecular flexibility index (Phi) is 6.70. The summed E-state index contributed by atoms with van der Waals surface area (Å²) in [4.78, 5) is 14.7. The van der Waals surface area contributed by atoms with Crippen LogP contribution in [0, 0.1) is 5.92 Å². The summed E-state index contributed by atoms with van der Waals surface area (Å²) >= 11 is 6.12. The molecular formula is C21H22ClF3N2O2. The highest BCUT2D eigenvalue weighted by molar-refractivity contribution is 6.32. The zero-order valence-corrected chi connectivity index (χ0v) is 16.6. The topological polar surface area (TPSA) is 41.6 Å². The summed E-state index contributed by atoms with van der Waals surface area (Å²) in [5.41, 5.74) is 1.10. The van der Waals surface area contributed by atoms with Crippen molar-refractivity contribution >= 4 is 23.2 Å². The Morgan fingerprint density at radius 2 is 1.97 bits per heavy atom. The Balaban J connectivity index is 1.86. The van der Waals surface area contributed by atoms with E-state index in [4.69, 9.17) is 16.3 Å². The van der Waals surface area contributed by atoms with Crippen LogP contribution in [-0.2, 0) is 4.79 Å². The summed E-state index contributed by atoms with van der Waals surface area (Å²) in [7, 11) is 1.48. The number of rotatable bonds is 5. The fourth-order valence-electron chi connectivity index (χ4n) is 3.63. The van der Waals surface area contributed by atoms with Gasteiger partial charge in [0.2, 0.25) is 5.91 Å². The van der Waals surface area contributed by atoms with Crippen molar-refractivity contribution in [3.8, 4) is 5.75 Å². The molecular weight excluding hydrogens is 405 g/mol. The maximum absolute atomic E-state index is 13.3. The lowest BCUT2D eigenvalue weighted by Gasteiger charge is -2.38. The van der Waals surface area contributed by atoms with Gasteiger partial charge in [-0.05, 0) is 43.1 Å². The molecule has 8 heteroatoms. The van der Waals surface area contributed by atoms with Crippen LogP contribution in [0.1, 0.15) is 24.4 Å². The number of amides is 1. The van der Waals surface area contributed by atoms with E-state index in [1.807, 2.05) is 0 Å². The first-order chi connectivity index (χ1) is 13.8. The number of anilines is 1. The number of carbonyl (C=O) groups excluding carboxylic acids is 1. The lowest BCUT2D eigenvalue weighted by molar-refractivity contribution is -0.189. The van der Waals surface area contributed by atoms with Crippen molar-refractivity contribution in [2.24, 2.45) is 5.92 Å². The molecule has 0 unspecified atom stereocenters. The third-order valence-corrected chi connectivity index (χ3v) is 5.36. The SMILES string of the molecule is COc1ccc(NC(=O)[C@H](c2ccccc2)N2CCC[C@H](C(F)(F)F)C2)cc1Cl. The number of benzene rings is 2. The van der Waals surface area contributed by atoms with Crippen LogP contribution in [0.2, 0.25) is 5.02 Å². The molecule has 1 saturated heterocycles. The van der Waals surface area contributed by atoms with Crippen LogP contribution in [0.25, 0.3) is 0 Å². The summed E-state index contributed by atoms with van der Waals surface area (Å²) in [6, 6.07) is 12.8. The van der Waals surface area contributed by atoms with Gasteiger partial charge in [0.1, 0.15) is 11.8 Å². The van der Waals surface area contributed by atoms with E-state index in [0.717, 1.165) is 0 Å². The van der Waals surface area contributed by atoms with Gasteiger partial charge in [-0.1, -0.05) is 41.9 Å². The van der Waals surface area contributed by atoms with Crippen molar-refractivity contribution in [1.29, 1.82) is 0 Å². The van der Waals surface area contributed by atoms with Gasteiger partial charge >= 0.3 is 6.18 Å². The van der Waals surface area contributed by atoms with Gasteiger partial charge in [-0.25, -0.2) is 0 Å². The van der Waals surface area contributed by atoms with E-state index < -0.39 is 24.0 Å². The molecule has 156 valence electrons. The number of alkyl halides is 3. The number of ether oxygens (including phenoxy) is 1. The summed E-state index contributed by atoms with van der Waals surface area (Å²) in [6.07, 6.45) is -3.81. The second-order valence-corrected chi connectivity index (χ2v) is 7.43. The lowest BCUT2D eigenvalue weighted by atomic mass is 9.94. The smallest absolute Gasteiger partial charge is 0.393 e. The molecule has 3 rings (SSSR count). The van der Waals surface area contributed by atoms with E-state index in [0.29, 0.717) is 35.0 Å². The van der Waals surface area contributed by atoms with Gasteiger partial charge in [0.15, 0.2) is 0 Å². The Morgan fingerprint density at radius 1 is 1.24 bits per heavy atom. The molecule has 1 aliphatic rings. The first-order valence-corrected chi connectivity index (χ1v) is 9.67. The minimum Gasteiger partial charge on any atom is -0.495 e. The largest absolute Gasteiger partial charge is 0.495 e. The maximum Gasteiger partial charge on any atom is 0.393 e. The van der Waals surface area contributed by atoms with E-state index in [-0.39, 0.29) is 13.0 Å². The summed E-state index contributed by atoms with van der Waals surface area (Å²) in [5.74, 6) is -1.38. The number of nitrogens with zero attached hydrogens (tertiary/aromatic N) is 1. The van der Waals surface area contributed by atoms with Gasteiger partial charge < -0.3 is 10.1 Å². The van der Waals surface area contributed by atoms with E-state index in [1.165, 1.54) is 7.11 Å². The normalized spacial score (nSPS) is 18.9. The molecule has 0 saturated carbocycles. The molecule has 0 spiro atoms. The molecule has 0 aromatic heterocycles. The van der Waals surface area contributed by atoms with Gasteiger partial charge in [0, 0.05) is 12.2 Å². The molecule has 1 aliphatic heterocycles. The van der Waals surface area contributed by atoms with Crippen molar-refractivity contribution in [2.45, 2.75) is 25.1 Å². The average Bonchev–Trinajstić information content (AvgIpc) is 2.69. The second kappa shape index (κ2) is 9.05. The van der Waals surface area contributed by atoms with Crippen molar-refractivity contribution in [3.05, 3.63) is 59.1 Å². The van der Waals surface area contributed by atoms with Crippen LogP contribution in [0.5, 0.6) is 5.75 Å². The number of hydrogen-bond acceptors (Lipinski definition) is 3. The molecule has 1 N–H and O–H groups in total. The van der Waals surface area contributed by atoms with Crippen molar-refractivity contribution in [3.63, 3.8) is 0 Å². The van der Waals surface area contributed by atoms with Gasteiger partial charge in [0.05, 0.1) is 18.1 Å². The Labute approximate surface area is 172 Å². The van der Waals surface area contributed by atoms with E-state index in [2.05, 4.69) is 5.32 Å². The van der Waals surface area contributed by atoms with Crippen molar-refractivity contribution < 1.29 is 22.7 Å². The molecule has 2 aromatic rings. The van der Waals surface area contributed by atoms with Gasteiger partial charge in [-0.3, -0.25) is 9.69 Å². The van der Waals surface area contributed by atoms with Crippen LogP contribution in [0.4, 0.5) is 18.9 Å². The average molecular weight is 427 g/mol. The minimum absolute atomic E-state index is 0.0806. The van der Waals surface area contributed by atoms with Gasteiger partial charge in [-0.15, -0.1) is 0 Å². The zero-order chi connectivity index (χ0) is 21.0. The number of carbonyl (C=O) groups is 1. The predicted octanol–water partition coefficient (Wildman–Crippen LogP) is 5.30. The van der Waals surface area contributed by atoms with Crippen LogP contribution in [0.15, 0.2) is 48.5 Å². The fourth-order valence-corrected chi connectivity index (χ4v) is 3.88. The zero-order valence-electron chi connectivity index (χ0n) is 15.9. The van der Waals surface area contributed by atoms with Crippen molar-refractivity contribution in [1.82, 2.24) is 4.90 Å². The van der Waals surface area contributed by atoms with Gasteiger partial charge in [-0.2, -0.15) is 13.2 Å². The first kappa shape index (κ1) is 21.5. The second-order valence-electron chi connectivity index (χ2n) is 7.03. The summed E-state index contributed by atoms with van der Waals surface area (Å²) in [6.45, 7) is 0.211. The molecule has 2 atom stereocenters.